The number of carboxylic acid groups (broad SMARTS) is 1. The number of carbonyl (C=O) groups excluding carboxylic acids is 1. The van der Waals surface area contributed by atoms with Crippen LogP contribution in [0.15, 0.2) is 48.5 Å². The minimum absolute atomic E-state index is 0.0707. The van der Waals surface area contributed by atoms with Crippen LogP contribution in [0.2, 0.25) is 0 Å². The molecule has 35 heavy (non-hydrogen) atoms. The lowest BCUT2D eigenvalue weighted by Gasteiger charge is -2.57. The van der Waals surface area contributed by atoms with E-state index >= 15 is 0 Å². The van der Waals surface area contributed by atoms with E-state index in [0.29, 0.717) is 12.3 Å². The van der Waals surface area contributed by atoms with Crippen LogP contribution in [0.4, 0.5) is 4.79 Å². The van der Waals surface area contributed by atoms with Crippen LogP contribution >= 0.6 is 0 Å². The zero-order chi connectivity index (χ0) is 24.6. The maximum absolute atomic E-state index is 12.8. The third kappa shape index (κ3) is 4.72. The normalized spacial score (nSPS) is 26.7. The van der Waals surface area contributed by atoms with Crippen molar-refractivity contribution in [3.05, 3.63) is 59.7 Å². The molecule has 6 rings (SSSR count). The Bertz CT molecular complexity index is 1100. The van der Waals surface area contributed by atoms with E-state index in [0.717, 1.165) is 40.5 Å². The van der Waals surface area contributed by atoms with Gasteiger partial charge in [0, 0.05) is 25.2 Å². The van der Waals surface area contributed by atoms with E-state index < -0.39 is 5.97 Å². The molecule has 0 atom stereocenters. The zero-order valence-electron chi connectivity index (χ0n) is 20.5. The second-order valence-electron chi connectivity index (χ2n) is 10.5. The van der Waals surface area contributed by atoms with Gasteiger partial charge in [-0.15, -0.1) is 0 Å². The van der Waals surface area contributed by atoms with E-state index in [1.807, 2.05) is 43.3 Å². The van der Waals surface area contributed by atoms with Crippen LogP contribution in [0, 0.1) is 17.8 Å². The van der Waals surface area contributed by atoms with Gasteiger partial charge in [0.2, 0.25) is 0 Å². The van der Waals surface area contributed by atoms with Gasteiger partial charge in [-0.2, -0.15) is 0 Å². The summed E-state index contributed by atoms with van der Waals surface area (Å²) in [5.74, 6) is 2.05. The van der Waals surface area contributed by atoms with Crippen LogP contribution in [0.5, 0.6) is 5.75 Å². The van der Waals surface area contributed by atoms with Crippen LogP contribution in [-0.4, -0.2) is 35.8 Å². The molecule has 0 radical (unpaired) electrons. The largest absolute Gasteiger partial charge is 0.478 e. The van der Waals surface area contributed by atoms with Crippen LogP contribution in [-0.2, 0) is 10.2 Å². The predicted octanol–water partition coefficient (Wildman–Crippen LogP) is 5.87. The summed E-state index contributed by atoms with van der Waals surface area (Å²) in [5, 5.41) is 10.4. The molecule has 4 fully saturated rings. The van der Waals surface area contributed by atoms with Crippen molar-refractivity contribution in [3.8, 4) is 16.9 Å². The van der Waals surface area contributed by atoms with E-state index in [4.69, 9.17) is 9.84 Å². The quantitative estimate of drug-likeness (QED) is 0.387. The summed E-state index contributed by atoms with van der Waals surface area (Å²) in [6, 6.07) is 14.1. The van der Waals surface area contributed by atoms with Gasteiger partial charge in [-0.25, -0.2) is 20.0 Å². The van der Waals surface area contributed by atoms with E-state index in [1.54, 1.807) is 13.1 Å². The van der Waals surface area contributed by atoms with Gasteiger partial charge in [0.1, 0.15) is 5.75 Å². The molecular formula is C29H34N2O4. The average Bonchev–Trinajstić information content (AvgIpc) is 2.83. The first-order chi connectivity index (χ1) is 16.9. The highest BCUT2D eigenvalue weighted by Gasteiger charge is 2.52. The topological polar surface area (TPSA) is 78.9 Å². The Labute approximate surface area is 206 Å². The summed E-state index contributed by atoms with van der Waals surface area (Å²) < 4.78 is 6.00. The van der Waals surface area contributed by atoms with E-state index in [1.165, 1.54) is 49.1 Å². The summed E-state index contributed by atoms with van der Waals surface area (Å²) in [4.78, 5) is 23.7. The number of rotatable bonds is 7. The van der Waals surface area contributed by atoms with Crippen LogP contribution < -0.4 is 10.2 Å². The number of nitrogens with one attached hydrogen (secondary N) is 1. The first-order valence-electron chi connectivity index (χ1n) is 12.7. The molecule has 6 heteroatoms. The van der Waals surface area contributed by atoms with Gasteiger partial charge in [0.25, 0.3) is 0 Å². The SMILES string of the molecule is CCN(NC)C(=O)Oc1ccc(-c2ccc(C=CC(=O)O)cc2)cc1C12CC3CC(CC(C3)C1)C2. The Morgan fingerprint density at radius 2 is 1.63 bits per heavy atom. The molecule has 1 amide bonds. The fourth-order valence-corrected chi connectivity index (χ4v) is 7.14. The Morgan fingerprint density at radius 1 is 1.03 bits per heavy atom. The van der Waals surface area contributed by atoms with Crippen molar-refractivity contribution in [2.24, 2.45) is 17.8 Å². The molecule has 2 N–H and O–H groups in total. The maximum atomic E-state index is 12.8. The molecule has 0 aromatic heterocycles. The first-order valence-corrected chi connectivity index (χ1v) is 12.7. The van der Waals surface area contributed by atoms with Crippen LogP contribution in [0.3, 0.4) is 0 Å². The molecule has 4 bridgehead atoms. The molecule has 0 heterocycles. The summed E-state index contributed by atoms with van der Waals surface area (Å²) in [6.45, 7) is 2.43. The zero-order valence-corrected chi connectivity index (χ0v) is 20.5. The highest BCUT2D eigenvalue weighted by Crippen LogP contribution is 2.62. The molecule has 0 saturated heterocycles. The van der Waals surface area contributed by atoms with E-state index in [9.17, 15) is 9.59 Å². The Morgan fingerprint density at radius 3 is 2.17 bits per heavy atom. The third-order valence-corrected chi connectivity index (χ3v) is 8.26. The minimum Gasteiger partial charge on any atom is -0.478 e. The minimum atomic E-state index is -0.959. The molecular weight excluding hydrogens is 440 g/mol. The van der Waals surface area contributed by atoms with Crippen LogP contribution in [0.1, 0.15) is 56.6 Å². The van der Waals surface area contributed by atoms with Gasteiger partial charge >= 0.3 is 12.1 Å². The lowest BCUT2D eigenvalue weighted by Crippen LogP contribution is -2.49. The Balaban J connectivity index is 1.52. The first kappa shape index (κ1) is 23.6. The standard InChI is InChI=1S/C29H34N2O4/c1-3-31(30-2)28(34)35-26-10-9-24(23-7-4-19(5-8-23)6-11-27(32)33)15-25(26)29-16-20-12-21(17-29)14-22(13-20)18-29/h4-11,15,20-22,30H,3,12-14,16-18H2,1-2H3,(H,32,33). The van der Waals surface area contributed by atoms with Gasteiger partial charge in [-0.3, -0.25) is 0 Å². The number of hydrazine groups is 1. The second kappa shape index (κ2) is 9.50. The highest BCUT2D eigenvalue weighted by molar-refractivity contribution is 5.85. The number of carboxylic acids is 1. The second-order valence-corrected chi connectivity index (χ2v) is 10.5. The number of carbonyl (C=O) groups is 2. The number of nitrogens with zero attached hydrogens (tertiary/aromatic N) is 1. The van der Waals surface area contributed by atoms with Gasteiger partial charge in [-0.1, -0.05) is 30.3 Å². The number of aliphatic carboxylic acids is 1. The number of hydrogen-bond donors (Lipinski definition) is 2. The molecule has 4 saturated carbocycles. The maximum Gasteiger partial charge on any atom is 0.429 e. The van der Waals surface area contributed by atoms with Gasteiger partial charge in [0.15, 0.2) is 0 Å². The van der Waals surface area contributed by atoms with Crippen molar-refractivity contribution in [3.63, 3.8) is 0 Å². The highest BCUT2D eigenvalue weighted by atomic mass is 16.6. The molecule has 4 aliphatic carbocycles. The molecule has 0 unspecified atom stereocenters. The molecule has 2 aromatic carbocycles. The van der Waals surface area contributed by atoms with Gasteiger partial charge < -0.3 is 9.84 Å². The summed E-state index contributed by atoms with van der Waals surface area (Å²) >= 11 is 0. The Hall–Kier alpha value is -3.12. The van der Waals surface area contributed by atoms with Crippen molar-refractivity contribution in [2.45, 2.75) is 50.9 Å². The van der Waals surface area contributed by atoms with Gasteiger partial charge in [0.05, 0.1) is 0 Å². The fraction of sp³-hybridized carbons (Fsp3) is 0.448. The van der Waals surface area contributed by atoms with E-state index in [-0.39, 0.29) is 11.5 Å². The molecule has 4 aliphatic rings. The average molecular weight is 475 g/mol. The molecule has 184 valence electrons. The van der Waals surface area contributed by atoms with Gasteiger partial charge in [-0.05, 0) is 104 Å². The number of amides is 1. The number of benzene rings is 2. The van der Waals surface area contributed by atoms with E-state index in [2.05, 4.69) is 11.5 Å². The predicted molar refractivity (Wildman–Crippen MR) is 136 cm³/mol. The Kier molecular flexibility index (Phi) is 6.41. The number of hydrogen-bond acceptors (Lipinski definition) is 4. The monoisotopic (exact) mass is 474 g/mol. The molecule has 6 nitrogen and oxygen atoms in total. The van der Waals surface area contributed by atoms with Crippen molar-refractivity contribution in [1.29, 1.82) is 0 Å². The van der Waals surface area contributed by atoms with Crippen molar-refractivity contribution in [1.82, 2.24) is 10.4 Å². The van der Waals surface area contributed by atoms with Crippen molar-refractivity contribution >= 4 is 18.1 Å². The smallest absolute Gasteiger partial charge is 0.429 e. The van der Waals surface area contributed by atoms with Crippen molar-refractivity contribution in [2.75, 3.05) is 13.6 Å². The van der Waals surface area contributed by atoms with Crippen LogP contribution in [0.25, 0.3) is 17.2 Å². The lowest BCUT2D eigenvalue weighted by molar-refractivity contribution is -0.131. The fourth-order valence-electron chi connectivity index (χ4n) is 7.14. The molecule has 0 spiro atoms. The summed E-state index contributed by atoms with van der Waals surface area (Å²) in [5.41, 5.74) is 7.14. The molecule has 0 aliphatic heterocycles. The summed E-state index contributed by atoms with van der Waals surface area (Å²) in [7, 11) is 1.73. The summed E-state index contributed by atoms with van der Waals surface area (Å²) in [6.07, 6.45) is 9.93. The third-order valence-electron chi connectivity index (χ3n) is 8.26. The van der Waals surface area contributed by atoms with Crippen molar-refractivity contribution < 1.29 is 19.4 Å². The lowest BCUT2D eigenvalue weighted by atomic mass is 9.48. The number of ether oxygens (including phenoxy) is 1. The molecule has 2 aromatic rings.